The quantitative estimate of drug-likeness (QED) is 0.677. The van der Waals surface area contributed by atoms with Crippen molar-refractivity contribution in [2.24, 2.45) is 0 Å². The number of nitrogens with zero attached hydrogens (tertiary/aromatic N) is 1. The summed E-state index contributed by atoms with van der Waals surface area (Å²) in [5.41, 5.74) is 3.35. The lowest BCUT2D eigenvalue weighted by atomic mass is 10.1. The van der Waals surface area contributed by atoms with E-state index in [4.69, 9.17) is 0 Å². The van der Waals surface area contributed by atoms with Gasteiger partial charge in [0.1, 0.15) is 0 Å². The van der Waals surface area contributed by atoms with E-state index in [-0.39, 0.29) is 5.91 Å². The number of halogens is 2. The number of rotatable bonds is 2. The molecule has 3 rings (SSSR count). The highest BCUT2D eigenvalue weighted by atomic mass is 79.9. The second-order valence-electron chi connectivity index (χ2n) is 4.66. The van der Waals surface area contributed by atoms with E-state index in [1.54, 1.807) is 11.0 Å². The molecule has 0 atom stereocenters. The van der Waals surface area contributed by atoms with E-state index in [9.17, 15) is 4.79 Å². The largest absolute Gasteiger partial charge is 0.277 e. The predicted octanol–water partition coefficient (Wildman–Crippen LogP) is 5.16. The van der Waals surface area contributed by atoms with Crippen LogP contribution in [0.15, 0.2) is 75.8 Å². The first kappa shape index (κ1) is 14.3. The van der Waals surface area contributed by atoms with Crippen molar-refractivity contribution in [2.45, 2.75) is 0 Å². The van der Waals surface area contributed by atoms with Gasteiger partial charge >= 0.3 is 0 Å². The maximum absolute atomic E-state index is 12.3. The van der Waals surface area contributed by atoms with Gasteiger partial charge in [-0.2, -0.15) is 0 Å². The van der Waals surface area contributed by atoms with E-state index >= 15 is 0 Å². The average molecular weight is 405 g/mol. The van der Waals surface area contributed by atoms with Crippen LogP contribution in [-0.4, -0.2) is 5.91 Å². The maximum atomic E-state index is 12.3. The van der Waals surface area contributed by atoms with Crippen molar-refractivity contribution in [3.05, 3.63) is 81.4 Å². The van der Waals surface area contributed by atoms with Crippen LogP contribution in [-0.2, 0) is 4.79 Å². The first-order valence-corrected chi connectivity index (χ1v) is 7.91. The molecule has 2 aromatic rings. The normalized spacial score (nSPS) is 14.6. The first-order chi connectivity index (χ1) is 10.1. The zero-order chi connectivity index (χ0) is 15.0. The number of carbonyl (C=O) groups excluding carboxylic acids is 1. The van der Waals surface area contributed by atoms with Gasteiger partial charge in [-0.3, -0.25) is 9.69 Å². The monoisotopic (exact) mass is 403 g/mol. The molecule has 0 N–H and O–H groups in total. The van der Waals surface area contributed by atoms with Gasteiger partial charge < -0.3 is 0 Å². The van der Waals surface area contributed by atoms with Gasteiger partial charge in [0.25, 0.3) is 5.91 Å². The number of benzene rings is 2. The summed E-state index contributed by atoms with van der Waals surface area (Å²) in [5.74, 6) is -0.0692. The van der Waals surface area contributed by atoms with E-state index in [2.05, 4.69) is 38.4 Å². The van der Waals surface area contributed by atoms with Crippen LogP contribution in [0.5, 0.6) is 0 Å². The molecule has 1 amide bonds. The van der Waals surface area contributed by atoms with Gasteiger partial charge in [0.2, 0.25) is 0 Å². The summed E-state index contributed by atoms with van der Waals surface area (Å²) in [6.45, 7) is 4.08. The fourth-order valence-electron chi connectivity index (χ4n) is 2.28. The van der Waals surface area contributed by atoms with Crippen LogP contribution in [0.2, 0.25) is 0 Å². The Morgan fingerprint density at radius 2 is 1.38 bits per heavy atom. The molecule has 21 heavy (non-hydrogen) atoms. The minimum Gasteiger partial charge on any atom is -0.277 e. The van der Waals surface area contributed by atoms with Gasteiger partial charge in [0.05, 0.1) is 5.70 Å². The molecular formula is C17H11Br2NO. The number of hydrogen-bond acceptors (Lipinski definition) is 1. The second-order valence-corrected chi connectivity index (χ2v) is 6.49. The highest BCUT2D eigenvalue weighted by Gasteiger charge is 2.27. The summed E-state index contributed by atoms with van der Waals surface area (Å²) in [6.07, 6.45) is 1.63. The molecule has 4 heteroatoms. The van der Waals surface area contributed by atoms with Crippen LogP contribution in [0.25, 0.3) is 5.57 Å². The molecule has 0 saturated heterocycles. The van der Waals surface area contributed by atoms with Crippen molar-refractivity contribution in [3.63, 3.8) is 0 Å². The zero-order valence-electron chi connectivity index (χ0n) is 11.0. The Kier molecular flexibility index (Phi) is 3.83. The van der Waals surface area contributed by atoms with Gasteiger partial charge in [-0.1, -0.05) is 50.6 Å². The van der Waals surface area contributed by atoms with Crippen LogP contribution < -0.4 is 4.90 Å². The van der Waals surface area contributed by atoms with E-state index < -0.39 is 0 Å². The molecule has 2 nitrogen and oxygen atoms in total. The van der Waals surface area contributed by atoms with Crippen LogP contribution in [0.3, 0.4) is 0 Å². The van der Waals surface area contributed by atoms with Crippen molar-refractivity contribution in [1.29, 1.82) is 0 Å². The Labute approximate surface area is 140 Å². The number of amides is 1. The van der Waals surface area contributed by atoms with E-state index in [0.29, 0.717) is 5.70 Å². The molecule has 1 aliphatic heterocycles. The number of anilines is 1. The molecule has 0 unspecified atom stereocenters. The summed E-state index contributed by atoms with van der Waals surface area (Å²) in [5, 5.41) is 0. The van der Waals surface area contributed by atoms with Gasteiger partial charge in [-0.05, 0) is 42.0 Å². The Morgan fingerprint density at radius 3 is 1.95 bits per heavy atom. The molecule has 0 bridgehead atoms. The highest BCUT2D eigenvalue weighted by Crippen LogP contribution is 2.35. The average Bonchev–Trinajstić information content (AvgIpc) is 2.76. The molecule has 0 saturated carbocycles. The van der Waals surface area contributed by atoms with Crippen molar-refractivity contribution in [1.82, 2.24) is 0 Å². The Hall–Kier alpha value is -1.65. The molecule has 1 aliphatic rings. The lowest BCUT2D eigenvalue weighted by Gasteiger charge is -2.19. The molecule has 0 aliphatic carbocycles. The number of hydrogen-bond donors (Lipinski definition) is 0. The predicted molar refractivity (Wildman–Crippen MR) is 92.9 cm³/mol. The van der Waals surface area contributed by atoms with Crippen LogP contribution in [0.4, 0.5) is 5.69 Å². The molecule has 0 spiro atoms. The van der Waals surface area contributed by atoms with E-state index in [1.807, 2.05) is 48.5 Å². The summed E-state index contributed by atoms with van der Waals surface area (Å²) in [6, 6.07) is 15.5. The number of carbonyl (C=O) groups is 1. The molecule has 0 fully saturated rings. The first-order valence-electron chi connectivity index (χ1n) is 6.33. The van der Waals surface area contributed by atoms with Gasteiger partial charge in [-0.25, -0.2) is 0 Å². The Morgan fingerprint density at radius 1 is 0.857 bits per heavy atom. The fraction of sp³-hybridized carbons (Fsp3) is 0. The highest BCUT2D eigenvalue weighted by molar-refractivity contribution is 9.10. The molecule has 0 aromatic heterocycles. The summed E-state index contributed by atoms with van der Waals surface area (Å²) >= 11 is 6.81. The van der Waals surface area contributed by atoms with Gasteiger partial charge in [0, 0.05) is 26.3 Å². The summed E-state index contributed by atoms with van der Waals surface area (Å²) in [7, 11) is 0. The molecule has 2 aromatic carbocycles. The topological polar surface area (TPSA) is 20.3 Å². The maximum Gasteiger partial charge on any atom is 0.256 e. The third-order valence-corrected chi connectivity index (χ3v) is 4.37. The summed E-state index contributed by atoms with van der Waals surface area (Å²) in [4.78, 5) is 13.9. The van der Waals surface area contributed by atoms with Crippen LogP contribution in [0, 0.1) is 0 Å². The SMILES string of the molecule is C=C1C(c2ccc(Br)cc2)=CC(=O)N1c1ccc(Br)cc1. The zero-order valence-corrected chi connectivity index (χ0v) is 14.2. The third-order valence-electron chi connectivity index (χ3n) is 3.31. The smallest absolute Gasteiger partial charge is 0.256 e. The molecule has 0 radical (unpaired) electrons. The van der Waals surface area contributed by atoms with Crippen molar-refractivity contribution in [2.75, 3.05) is 4.90 Å². The van der Waals surface area contributed by atoms with Gasteiger partial charge in [0.15, 0.2) is 0 Å². The Balaban J connectivity index is 1.95. The molecular weight excluding hydrogens is 394 g/mol. The molecule has 1 heterocycles. The molecule has 104 valence electrons. The standard InChI is InChI=1S/C17H11Br2NO/c1-11-16(12-2-4-13(18)5-3-12)10-17(21)20(11)15-8-6-14(19)7-9-15/h2-10H,1H2. The second kappa shape index (κ2) is 5.62. The van der Waals surface area contributed by atoms with Crippen molar-refractivity contribution < 1.29 is 4.79 Å². The van der Waals surface area contributed by atoms with Crippen molar-refractivity contribution >= 4 is 49.0 Å². The number of allylic oxidation sites excluding steroid dienone is 1. The van der Waals surface area contributed by atoms with Gasteiger partial charge in [-0.15, -0.1) is 0 Å². The van der Waals surface area contributed by atoms with E-state index in [0.717, 1.165) is 25.8 Å². The Bertz CT molecular complexity index is 745. The summed E-state index contributed by atoms with van der Waals surface area (Å²) < 4.78 is 1.98. The van der Waals surface area contributed by atoms with E-state index in [1.165, 1.54) is 0 Å². The lowest BCUT2D eigenvalue weighted by Crippen LogP contribution is -2.22. The van der Waals surface area contributed by atoms with Crippen LogP contribution in [0.1, 0.15) is 5.56 Å². The fourth-order valence-corrected chi connectivity index (χ4v) is 2.81. The third kappa shape index (κ3) is 2.74. The lowest BCUT2D eigenvalue weighted by molar-refractivity contribution is -0.113. The minimum absolute atomic E-state index is 0.0692. The van der Waals surface area contributed by atoms with Crippen LogP contribution >= 0.6 is 31.9 Å². The minimum atomic E-state index is -0.0692. The van der Waals surface area contributed by atoms with Crippen molar-refractivity contribution in [3.8, 4) is 0 Å².